The van der Waals surface area contributed by atoms with Gasteiger partial charge in [-0.05, 0) is 42.3 Å². The molecule has 2 rings (SSSR count). The Balaban J connectivity index is 2.02. The first kappa shape index (κ1) is 13.1. The topological polar surface area (TPSA) is 48.1 Å². The van der Waals surface area contributed by atoms with E-state index in [0.717, 1.165) is 27.0 Å². The van der Waals surface area contributed by atoms with Gasteiger partial charge < -0.3 is 10.5 Å². The van der Waals surface area contributed by atoms with Crippen molar-refractivity contribution in [1.82, 2.24) is 4.98 Å². The summed E-state index contributed by atoms with van der Waals surface area (Å²) in [4.78, 5) is 4.30. The molecule has 0 saturated carbocycles. The lowest BCUT2D eigenvalue weighted by Crippen LogP contribution is -2.02. The molecule has 0 bridgehead atoms. The smallest absolute Gasteiger partial charge is 0.130 e. The average Bonchev–Trinajstić information content (AvgIpc) is 2.38. The highest BCUT2D eigenvalue weighted by Crippen LogP contribution is 2.22. The maximum Gasteiger partial charge on any atom is 0.130 e. The average molecular weight is 307 g/mol. The number of rotatable bonds is 4. The molecule has 1 aromatic carbocycles. The van der Waals surface area contributed by atoms with E-state index >= 15 is 0 Å². The third-order valence-electron chi connectivity index (χ3n) is 2.63. The maximum absolute atomic E-state index is 5.74. The SMILES string of the molecule is Cc1cc(Br)ccc1OCc1ccc(CN)cn1. The van der Waals surface area contributed by atoms with E-state index in [-0.39, 0.29) is 0 Å². The Bertz CT molecular complexity index is 526. The Morgan fingerprint density at radius 2 is 2.11 bits per heavy atom. The number of aryl methyl sites for hydroxylation is 1. The van der Waals surface area contributed by atoms with E-state index in [1.807, 2.05) is 37.3 Å². The van der Waals surface area contributed by atoms with E-state index in [9.17, 15) is 0 Å². The van der Waals surface area contributed by atoms with Gasteiger partial charge in [0.25, 0.3) is 0 Å². The van der Waals surface area contributed by atoms with Crippen molar-refractivity contribution < 1.29 is 4.74 Å². The Morgan fingerprint density at radius 3 is 2.72 bits per heavy atom. The van der Waals surface area contributed by atoms with Crippen molar-refractivity contribution in [2.75, 3.05) is 0 Å². The van der Waals surface area contributed by atoms with Crippen LogP contribution in [0.1, 0.15) is 16.8 Å². The monoisotopic (exact) mass is 306 g/mol. The molecule has 18 heavy (non-hydrogen) atoms. The quantitative estimate of drug-likeness (QED) is 0.943. The van der Waals surface area contributed by atoms with Crippen LogP contribution in [0.3, 0.4) is 0 Å². The predicted octanol–water partition coefficient (Wildman–Crippen LogP) is 3.19. The van der Waals surface area contributed by atoms with Gasteiger partial charge in [0.1, 0.15) is 12.4 Å². The fourth-order valence-electron chi connectivity index (χ4n) is 1.59. The second-order valence-electron chi connectivity index (χ2n) is 4.06. The van der Waals surface area contributed by atoms with Crippen molar-refractivity contribution in [3.63, 3.8) is 0 Å². The van der Waals surface area contributed by atoms with Crippen LogP contribution in [0.4, 0.5) is 0 Å². The van der Waals surface area contributed by atoms with Gasteiger partial charge in [0.15, 0.2) is 0 Å². The summed E-state index contributed by atoms with van der Waals surface area (Å²) in [6.07, 6.45) is 1.78. The summed E-state index contributed by atoms with van der Waals surface area (Å²) in [6.45, 7) is 3.00. The van der Waals surface area contributed by atoms with Crippen molar-refractivity contribution in [1.29, 1.82) is 0 Å². The molecule has 0 aliphatic heterocycles. The summed E-state index contributed by atoms with van der Waals surface area (Å²) >= 11 is 3.43. The molecule has 0 unspecified atom stereocenters. The molecule has 2 aromatic rings. The number of pyridine rings is 1. The number of benzene rings is 1. The molecule has 94 valence electrons. The zero-order valence-corrected chi connectivity index (χ0v) is 11.8. The number of nitrogens with zero attached hydrogens (tertiary/aromatic N) is 1. The first-order valence-electron chi connectivity index (χ1n) is 5.72. The van der Waals surface area contributed by atoms with Crippen LogP contribution >= 0.6 is 15.9 Å². The van der Waals surface area contributed by atoms with Crippen molar-refractivity contribution in [3.05, 3.63) is 57.8 Å². The molecular weight excluding hydrogens is 292 g/mol. The molecular formula is C14H15BrN2O. The van der Waals surface area contributed by atoms with Crippen LogP contribution in [0.5, 0.6) is 5.75 Å². The highest BCUT2D eigenvalue weighted by Gasteiger charge is 2.01. The van der Waals surface area contributed by atoms with E-state index in [4.69, 9.17) is 10.5 Å². The zero-order chi connectivity index (χ0) is 13.0. The molecule has 3 nitrogen and oxygen atoms in total. The molecule has 0 aliphatic rings. The standard InChI is InChI=1S/C14H15BrN2O/c1-10-6-12(15)3-5-14(10)18-9-13-4-2-11(7-16)8-17-13/h2-6,8H,7,9,16H2,1H3. The van der Waals surface area contributed by atoms with Crippen LogP contribution in [0, 0.1) is 6.92 Å². The number of nitrogens with two attached hydrogens (primary N) is 1. The van der Waals surface area contributed by atoms with Gasteiger partial charge in [0.05, 0.1) is 5.69 Å². The summed E-state index contributed by atoms with van der Waals surface area (Å²) in [5.41, 5.74) is 8.55. The Kier molecular flexibility index (Phi) is 4.33. The fourth-order valence-corrected chi connectivity index (χ4v) is 2.06. The van der Waals surface area contributed by atoms with Crippen LogP contribution in [-0.2, 0) is 13.2 Å². The Labute approximate surface area is 115 Å². The highest BCUT2D eigenvalue weighted by atomic mass is 79.9. The second kappa shape index (κ2) is 5.98. The van der Waals surface area contributed by atoms with Crippen LogP contribution < -0.4 is 10.5 Å². The minimum atomic E-state index is 0.466. The normalized spacial score (nSPS) is 10.4. The van der Waals surface area contributed by atoms with Crippen LogP contribution in [0.25, 0.3) is 0 Å². The lowest BCUT2D eigenvalue weighted by atomic mass is 10.2. The summed E-state index contributed by atoms with van der Waals surface area (Å²) < 4.78 is 6.79. The lowest BCUT2D eigenvalue weighted by molar-refractivity contribution is 0.299. The number of ether oxygens (including phenoxy) is 1. The zero-order valence-electron chi connectivity index (χ0n) is 10.2. The van der Waals surface area contributed by atoms with Crippen molar-refractivity contribution in [2.45, 2.75) is 20.1 Å². The number of aromatic nitrogens is 1. The summed E-state index contributed by atoms with van der Waals surface area (Å²) in [5.74, 6) is 0.878. The molecule has 0 spiro atoms. The minimum absolute atomic E-state index is 0.466. The van der Waals surface area contributed by atoms with Crippen molar-refractivity contribution in [3.8, 4) is 5.75 Å². The third kappa shape index (κ3) is 3.31. The van der Waals surface area contributed by atoms with Gasteiger partial charge in [0, 0.05) is 17.2 Å². The fraction of sp³-hybridized carbons (Fsp3) is 0.214. The molecule has 1 aromatic heterocycles. The van der Waals surface area contributed by atoms with Gasteiger partial charge in [-0.2, -0.15) is 0 Å². The van der Waals surface area contributed by atoms with Crippen molar-refractivity contribution in [2.24, 2.45) is 5.73 Å². The van der Waals surface area contributed by atoms with Crippen molar-refractivity contribution >= 4 is 15.9 Å². The van der Waals surface area contributed by atoms with E-state index in [1.54, 1.807) is 6.20 Å². The Hall–Kier alpha value is -1.39. The minimum Gasteiger partial charge on any atom is -0.487 e. The second-order valence-corrected chi connectivity index (χ2v) is 4.98. The first-order valence-corrected chi connectivity index (χ1v) is 6.51. The lowest BCUT2D eigenvalue weighted by Gasteiger charge is -2.09. The van der Waals surface area contributed by atoms with E-state index in [0.29, 0.717) is 13.2 Å². The molecule has 4 heteroatoms. The largest absolute Gasteiger partial charge is 0.487 e. The molecule has 0 saturated heterocycles. The number of halogens is 1. The Morgan fingerprint density at radius 1 is 1.28 bits per heavy atom. The summed E-state index contributed by atoms with van der Waals surface area (Å²) in [6, 6.07) is 9.86. The van der Waals surface area contributed by atoms with Crippen LogP contribution in [0.15, 0.2) is 41.0 Å². The molecule has 0 radical (unpaired) electrons. The van der Waals surface area contributed by atoms with E-state index in [1.165, 1.54) is 0 Å². The van der Waals surface area contributed by atoms with Gasteiger partial charge >= 0.3 is 0 Å². The predicted molar refractivity (Wildman–Crippen MR) is 75.3 cm³/mol. The summed E-state index contributed by atoms with van der Waals surface area (Å²) in [5, 5.41) is 0. The molecule has 0 aliphatic carbocycles. The molecule has 1 heterocycles. The van der Waals surface area contributed by atoms with E-state index < -0.39 is 0 Å². The van der Waals surface area contributed by atoms with Crippen LogP contribution in [-0.4, -0.2) is 4.98 Å². The maximum atomic E-state index is 5.74. The molecule has 0 atom stereocenters. The first-order chi connectivity index (χ1) is 8.69. The molecule has 2 N–H and O–H groups in total. The molecule has 0 amide bonds. The number of hydrogen-bond acceptors (Lipinski definition) is 3. The van der Waals surface area contributed by atoms with Gasteiger partial charge in [-0.15, -0.1) is 0 Å². The molecule has 0 fully saturated rings. The summed E-state index contributed by atoms with van der Waals surface area (Å²) in [7, 11) is 0. The van der Waals surface area contributed by atoms with Crippen LogP contribution in [0.2, 0.25) is 0 Å². The van der Waals surface area contributed by atoms with Gasteiger partial charge in [-0.25, -0.2) is 0 Å². The third-order valence-corrected chi connectivity index (χ3v) is 3.13. The number of hydrogen-bond donors (Lipinski definition) is 1. The van der Waals surface area contributed by atoms with Gasteiger partial charge in [-0.3, -0.25) is 4.98 Å². The highest BCUT2D eigenvalue weighted by molar-refractivity contribution is 9.10. The van der Waals surface area contributed by atoms with E-state index in [2.05, 4.69) is 20.9 Å². The van der Waals surface area contributed by atoms with Gasteiger partial charge in [-0.1, -0.05) is 22.0 Å². The van der Waals surface area contributed by atoms with Gasteiger partial charge in [0.2, 0.25) is 0 Å².